The second-order valence-corrected chi connectivity index (χ2v) is 8.39. The number of benzene rings is 3. The van der Waals surface area contributed by atoms with Crippen molar-refractivity contribution < 1.29 is 24.4 Å². The molecule has 3 aromatic rings. The van der Waals surface area contributed by atoms with Crippen LogP contribution in [0, 0.1) is 10.1 Å². The van der Waals surface area contributed by atoms with Crippen LogP contribution in [-0.4, -0.2) is 46.4 Å². The number of nitro groups is 1. The Bertz CT molecular complexity index is 1240. The summed E-state index contributed by atoms with van der Waals surface area (Å²) in [4.78, 5) is 47.9. The van der Waals surface area contributed by atoms with Crippen molar-refractivity contribution in [1.29, 1.82) is 0 Å². The minimum absolute atomic E-state index is 0.0545. The molecule has 0 spiro atoms. The molecule has 0 bridgehead atoms. The molecule has 0 fully saturated rings. The molecule has 0 radical (unpaired) electrons. The number of fused-ring (bicyclic) bond motifs is 1. The fraction of sp³-hybridized carbons (Fsp3) is 0.269. The van der Waals surface area contributed by atoms with Gasteiger partial charge in [0.05, 0.1) is 11.3 Å². The first-order chi connectivity index (χ1) is 17.3. The summed E-state index contributed by atoms with van der Waals surface area (Å²) in [5.41, 5.74) is 6.79. The average molecular weight is 493 g/mol. The van der Waals surface area contributed by atoms with Crippen molar-refractivity contribution in [1.82, 2.24) is 10.6 Å². The van der Waals surface area contributed by atoms with Crippen molar-refractivity contribution >= 4 is 34.2 Å². The van der Waals surface area contributed by atoms with Gasteiger partial charge in [0.2, 0.25) is 11.8 Å². The maximum atomic E-state index is 13.0. The molecule has 0 aliphatic heterocycles. The Morgan fingerprint density at radius 2 is 1.64 bits per heavy atom. The van der Waals surface area contributed by atoms with Gasteiger partial charge in [0.25, 0.3) is 5.69 Å². The minimum Gasteiger partial charge on any atom is -0.480 e. The molecule has 36 heavy (non-hydrogen) atoms. The molecule has 188 valence electrons. The molecule has 2 atom stereocenters. The highest BCUT2D eigenvalue weighted by molar-refractivity contribution is 5.93. The fourth-order valence-corrected chi connectivity index (χ4v) is 3.92. The largest absolute Gasteiger partial charge is 0.480 e. The Labute approximate surface area is 207 Å². The third kappa shape index (κ3) is 7.09. The number of hydrogen-bond acceptors (Lipinski definition) is 6. The first-order valence-electron chi connectivity index (χ1n) is 11.5. The van der Waals surface area contributed by atoms with E-state index in [9.17, 15) is 29.6 Å². The normalized spacial score (nSPS) is 12.5. The number of amides is 2. The highest BCUT2D eigenvalue weighted by Crippen LogP contribution is 2.19. The monoisotopic (exact) mass is 492 g/mol. The van der Waals surface area contributed by atoms with Crippen molar-refractivity contribution in [3.8, 4) is 0 Å². The second-order valence-electron chi connectivity index (χ2n) is 8.39. The van der Waals surface area contributed by atoms with Gasteiger partial charge >= 0.3 is 5.97 Å². The third-order valence-corrected chi connectivity index (χ3v) is 5.78. The summed E-state index contributed by atoms with van der Waals surface area (Å²) in [5, 5.41) is 27.6. The van der Waals surface area contributed by atoms with Crippen LogP contribution in [-0.2, 0) is 27.2 Å². The number of aliphatic carboxylic acids is 1. The van der Waals surface area contributed by atoms with Crippen LogP contribution < -0.4 is 16.4 Å². The topological polar surface area (TPSA) is 165 Å². The van der Waals surface area contributed by atoms with Gasteiger partial charge in [-0.15, -0.1) is 0 Å². The zero-order chi connectivity index (χ0) is 26.1. The number of carbonyl (C=O) groups excluding carboxylic acids is 2. The molecule has 2 amide bonds. The van der Waals surface area contributed by atoms with Crippen LogP contribution in [0.25, 0.3) is 10.8 Å². The predicted molar refractivity (Wildman–Crippen MR) is 134 cm³/mol. The SMILES string of the molecule is NCCC[C@H](NC(=O)Cc1cccc2ccccc12)C(=O)N[C@@H](Cc1ccc([N+](=O)[O-])cc1)C(=O)O. The smallest absolute Gasteiger partial charge is 0.326 e. The lowest BCUT2D eigenvalue weighted by molar-refractivity contribution is -0.384. The first kappa shape index (κ1) is 26.3. The molecule has 0 aliphatic carbocycles. The van der Waals surface area contributed by atoms with Crippen LogP contribution in [0.4, 0.5) is 5.69 Å². The maximum Gasteiger partial charge on any atom is 0.326 e. The number of nitro benzene ring substituents is 1. The summed E-state index contributed by atoms with van der Waals surface area (Å²) in [7, 11) is 0. The number of carboxylic acids is 1. The molecule has 3 aromatic carbocycles. The number of non-ortho nitro benzene ring substituents is 1. The van der Waals surface area contributed by atoms with Gasteiger partial charge in [-0.25, -0.2) is 4.79 Å². The highest BCUT2D eigenvalue weighted by Gasteiger charge is 2.27. The number of rotatable bonds is 12. The lowest BCUT2D eigenvalue weighted by Gasteiger charge is -2.22. The van der Waals surface area contributed by atoms with E-state index in [0.717, 1.165) is 16.3 Å². The lowest BCUT2D eigenvalue weighted by atomic mass is 10.0. The van der Waals surface area contributed by atoms with Crippen LogP contribution in [0.3, 0.4) is 0 Å². The van der Waals surface area contributed by atoms with Crippen LogP contribution >= 0.6 is 0 Å². The van der Waals surface area contributed by atoms with Crippen LogP contribution in [0.15, 0.2) is 66.7 Å². The summed E-state index contributed by atoms with van der Waals surface area (Å²) < 4.78 is 0. The zero-order valence-corrected chi connectivity index (χ0v) is 19.6. The third-order valence-electron chi connectivity index (χ3n) is 5.78. The number of carboxylic acid groups (broad SMARTS) is 1. The molecular weight excluding hydrogens is 464 g/mol. The van der Waals surface area contributed by atoms with Gasteiger partial charge in [0.15, 0.2) is 0 Å². The van der Waals surface area contributed by atoms with Gasteiger partial charge in [-0.3, -0.25) is 19.7 Å². The van der Waals surface area contributed by atoms with Crippen molar-refractivity contribution in [3.05, 3.63) is 88.0 Å². The second kappa shape index (κ2) is 12.4. The van der Waals surface area contributed by atoms with E-state index in [4.69, 9.17) is 5.73 Å². The summed E-state index contributed by atoms with van der Waals surface area (Å²) in [5.74, 6) is -2.27. The van der Waals surface area contributed by atoms with Gasteiger partial charge in [-0.1, -0.05) is 54.6 Å². The molecule has 0 heterocycles. The van der Waals surface area contributed by atoms with Gasteiger partial charge in [0, 0.05) is 18.6 Å². The quantitative estimate of drug-likeness (QED) is 0.222. The molecule has 0 aliphatic rings. The standard InChI is InChI=1S/C26H28N4O6/c27-14-4-9-22(28-24(31)16-19-7-3-6-18-5-1-2-8-21(18)19)25(32)29-23(26(33)34)15-17-10-12-20(13-11-17)30(35)36/h1-3,5-8,10-13,22-23H,4,9,14-16,27H2,(H,28,31)(H,29,32)(H,33,34)/t22-,23-/m0/s1. The number of carbonyl (C=O) groups is 3. The van der Waals surface area contributed by atoms with Gasteiger partial charge in [-0.05, 0) is 41.3 Å². The lowest BCUT2D eigenvalue weighted by Crippen LogP contribution is -2.52. The van der Waals surface area contributed by atoms with Gasteiger partial charge < -0.3 is 21.5 Å². The van der Waals surface area contributed by atoms with Gasteiger partial charge in [0.1, 0.15) is 12.1 Å². The average Bonchev–Trinajstić information content (AvgIpc) is 2.86. The predicted octanol–water partition coefficient (Wildman–Crippen LogP) is 2.33. The summed E-state index contributed by atoms with van der Waals surface area (Å²) >= 11 is 0. The molecule has 0 aromatic heterocycles. The summed E-state index contributed by atoms with van der Waals surface area (Å²) in [6.45, 7) is 0.300. The van der Waals surface area contributed by atoms with E-state index in [1.54, 1.807) is 0 Å². The van der Waals surface area contributed by atoms with Crippen molar-refractivity contribution in [2.45, 2.75) is 37.8 Å². The molecular formula is C26H28N4O6. The van der Waals surface area contributed by atoms with E-state index in [1.165, 1.54) is 24.3 Å². The van der Waals surface area contributed by atoms with E-state index in [2.05, 4.69) is 10.6 Å². The highest BCUT2D eigenvalue weighted by atomic mass is 16.6. The van der Waals surface area contributed by atoms with Crippen molar-refractivity contribution in [2.75, 3.05) is 6.54 Å². The van der Waals surface area contributed by atoms with E-state index in [0.29, 0.717) is 18.5 Å². The number of hydrogen-bond donors (Lipinski definition) is 4. The summed E-state index contributed by atoms with van der Waals surface area (Å²) in [6, 6.07) is 16.5. The molecule has 5 N–H and O–H groups in total. The van der Waals surface area contributed by atoms with E-state index in [1.807, 2.05) is 42.5 Å². The van der Waals surface area contributed by atoms with Crippen LogP contribution in [0.2, 0.25) is 0 Å². The fourth-order valence-electron chi connectivity index (χ4n) is 3.92. The Hall–Kier alpha value is -4.31. The summed E-state index contributed by atoms with van der Waals surface area (Å²) in [6.07, 6.45) is 0.672. The Morgan fingerprint density at radius 3 is 2.31 bits per heavy atom. The van der Waals surface area contributed by atoms with Crippen LogP contribution in [0.5, 0.6) is 0 Å². The number of nitrogens with two attached hydrogens (primary N) is 1. The zero-order valence-electron chi connectivity index (χ0n) is 19.6. The molecule has 0 saturated carbocycles. The maximum absolute atomic E-state index is 13.0. The van der Waals surface area contributed by atoms with Crippen molar-refractivity contribution in [3.63, 3.8) is 0 Å². The van der Waals surface area contributed by atoms with Crippen molar-refractivity contribution in [2.24, 2.45) is 5.73 Å². The Balaban J connectivity index is 1.69. The molecule has 10 heteroatoms. The van der Waals surface area contributed by atoms with E-state index < -0.39 is 28.9 Å². The van der Waals surface area contributed by atoms with Crippen LogP contribution in [0.1, 0.15) is 24.0 Å². The molecule has 0 saturated heterocycles. The Kier molecular flexibility index (Phi) is 9.07. The van der Waals surface area contributed by atoms with E-state index in [-0.39, 0.29) is 30.9 Å². The van der Waals surface area contributed by atoms with Gasteiger partial charge in [-0.2, -0.15) is 0 Å². The van der Waals surface area contributed by atoms with E-state index >= 15 is 0 Å². The number of nitrogens with zero attached hydrogens (tertiary/aromatic N) is 1. The minimum atomic E-state index is -1.28. The molecule has 0 unspecified atom stereocenters. The molecule has 10 nitrogen and oxygen atoms in total. The first-order valence-corrected chi connectivity index (χ1v) is 11.5. The molecule has 3 rings (SSSR count). The number of nitrogens with one attached hydrogen (secondary N) is 2. The Morgan fingerprint density at radius 1 is 0.944 bits per heavy atom.